The van der Waals surface area contributed by atoms with E-state index >= 15 is 0 Å². The number of amides is 4. The van der Waals surface area contributed by atoms with Gasteiger partial charge >= 0.3 is 6.03 Å². The van der Waals surface area contributed by atoms with Crippen molar-refractivity contribution >= 4 is 28.8 Å². The second-order valence-electron chi connectivity index (χ2n) is 7.29. The Labute approximate surface area is 175 Å². The number of nitrogens with zero attached hydrogens (tertiary/aromatic N) is 3. The molecule has 1 fully saturated rings. The van der Waals surface area contributed by atoms with E-state index in [1.165, 1.54) is 24.3 Å². The molecule has 1 saturated heterocycles. The lowest BCUT2D eigenvalue weighted by molar-refractivity contribution is -0.125. The highest BCUT2D eigenvalue weighted by Crippen LogP contribution is 2.35. The quantitative estimate of drug-likeness (QED) is 0.612. The van der Waals surface area contributed by atoms with Gasteiger partial charge in [-0.2, -0.15) is 5.26 Å². The number of benzene rings is 1. The fourth-order valence-electron chi connectivity index (χ4n) is 4.00. The van der Waals surface area contributed by atoms with Crippen molar-refractivity contribution in [1.29, 1.82) is 5.26 Å². The highest BCUT2D eigenvalue weighted by molar-refractivity contribution is 6.08. The van der Waals surface area contributed by atoms with Crippen LogP contribution in [0.4, 0.5) is 4.79 Å². The van der Waals surface area contributed by atoms with Gasteiger partial charge in [-0.05, 0) is 29.8 Å². The molecule has 3 aromatic rings. The summed E-state index contributed by atoms with van der Waals surface area (Å²) in [6.45, 7) is 0.101. The number of hydrogen-bond donors (Lipinski definition) is 2. The van der Waals surface area contributed by atoms with Crippen molar-refractivity contribution in [3.05, 3.63) is 59.1 Å². The topological polar surface area (TPSA) is 138 Å². The van der Waals surface area contributed by atoms with Gasteiger partial charge in [0.25, 0.3) is 11.8 Å². The predicted molar refractivity (Wildman–Crippen MR) is 105 cm³/mol. The molecular formula is C21H15N5O5. The molecule has 2 aliphatic rings. The van der Waals surface area contributed by atoms with Gasteiger partial charge in [0, 0.05) is 18.3 Å². The number of methoxy groups -OCH3 is 1. The van der Waals surface area contributed by atoms with Crippen molar-refractivity contribution in [1.82, 2.24) is 20.5 Å². The summed E-state index contributed by atoms with van der Waals surface area (Å²) >= 11 is 0. The minimum absolute atomic E-state index is 0.108. The third-order valence-corrected chi connectivity index (χ3v) is 5.54. The minimum Gasteiger partial charge on any atom is -0.497 e. The van der Waals surface area contributed by atoms with Gasteiger partial charge < -0.3 is 19.4 Å². The molecule has 4 amide bonds. The van der Waals surface area contributed by atoms with E-state index in [9.17, 15) is 19.6 Å². The zero-order chi connectivity index (χ0) is 21.8. The summed E-state index contributed by atoms with van der Waals surface area (Å²) in [4.78, 5) is 43.5. The molecule has 0 bridgehead atoms. The second kappa shape index (κ2) is 6.56. The van der Waals surface area contributed by atoms with Gasteiger partial charge in [-0.3, -0.25) is 14.9 Å². The standard InChI is InChI=1S/C21H15N5O5/c1-30-12-3-2-11-9-26(18(27)13(11)6-12)10-21(19(28)24-20(29)25-21)17-7-14-15(8-22)23-5-4-16(14)31-17/h2-7H,9-10H2,1H3,(H2,24,25,28,29). The highest BCUT2D eigenvalue weighted by atomic mass is 16.5. The van der Waals surface area contributed by atoms with E-state index in [-0.39, 0.29) is 30.5 Å². The molecule has 154 valence electrons. The van der Waals surface area contributed by atoms with Crippen LogP contribution in [0.15, 0.2) is 40.9 Å². The van der Waals surface area contributed by atoms with Gasteiger partial charge in [-0.1, -0.05) is 6.07 Å². The number of nitriles is 1. The van der Waals surface area contributed by atoms with E-state index in [1.54, 1.807) is 24.3 Å². The maximum Gasteiger partial charge on any atom is 0.322 e. The Morgan fingerprint density at radius 1 is 1.29 bits per heavy atom. The highest BCUT2D eigenvalue weighted by Gasteiger charge is 2.53. The second-order valence-corrected chi connectivity index (χ2v) is 7.29. The number of furan rings is 1. The molecule has 5 rings (SSSR count). The molecule has 10 nitrogen and oxygen atoms in total. The molecule has 0 aliphatic carbocycles. The summed E-state index contributed by atoms with van der Waals surface area (Å²) in [6.07, 6.45) is 1.42. The molecule has 0 radical (unpaired) electrons. The van der Waals surface area contributed by atoms with E-state index < -0.39 is 17.5 Å². The van der Waals surface area contributed by atoms with Crippen molar-refractivity contribution in [2.24, 2.45) is 0 Å². The average Bonchev–Trinajstić information content (AvgIpc) is 3.42. The first-order valence-corrected chi connectivity index (χ1v) is 9.34. The van der Waals surface area contributed by atoms with Crippen LogP contribution in [0.5, 0.6) is 5.75 Å². The van der Waals surface area contributed by atoms with Crippen LogP contribution in [0.3, 0.4) is 0 Å². The van der Waals surface area contributed by atoms with Crippen LogP contribution in [-0.2, 0) is 16.9 Å². The van der Waals surface area contributed by atoms with Crippen molar-refractivity contribution in [3.8, 4) is 11.8 Å². The Kier molecular flexibility index (Phi) is 3.94. The summed E-state index contributed by atoms with van der Waals surface area (Å²) in [6, 6.07) is 9.53. The number of nitrogens with one attached hydrogen (secondary N) is 2. The molecule has 1 atom stereocenters. The Balaban J connectivity index is 1.57. The van der Waals surface area contributed by atoms with Gasteiger partial charge in [0.05, 0.1) is 19.0 Å². The zero-order valence-electron chi connectivity index (χ0n) is 16.3. The number of carbonyl (C=O) groups is 3. The van der Waals surface area contributed by atoms with E-state index in [1.807, 2.05) is 6.07 Å². The fraction of sp³-hybridized carbons (Fsp3) is 0.190. The number of carbonyl (C=O) groups excluding carboxylic acids is 3. The summed E-state index contributed by atoms with van der Waals surface area (Å²) in [5.74, 6) is -0.289. The van der Waals surface area contributed by atoms with Crippen LogP contribution in [0.25, 0.3) is 11.0 Å². The SMILES string of the molecule is COc1ccc2c(c1)C(=O)N(CC1(c3cc4c(C#N)nccc4o3)NC(=O)NC1=O)C2. The molecule has 2 aromatic heterocycles. The molecule has 10 heteroatoms. The zero-order valence-corrected chi connectivity index (χ0v) is 16.3. The van der Waals surface area contributed by atoms with Gasteiger partial charge in [0.1, 0.15) is 23.2 Å². The Bertz CT molecular complexity index is 1320. The molecule has 2 aliphatic heterocycles. The molecular weight excluding hydrogens is 402 g/mol. The van der Waals surface area contributed by atoms with Gasteiger partial charge in [0.15, 0.2) is 11.2 Å². The molecule has 1 unspecified atom stereocenters. The maximum atomic E-state index is 13.0. The summed E-state index contributed by atoms with van der Waals surface area (Å²) < 4.78 is 11.0. The van der Waals surface area contributed by atoms with E-state index in [0.29, 0.717) is 22.3 Å². The largest absolute Gasteiger partial charge is 0.497 e. The van der Waals surface area contributed by atoms with Gasteiger partial charge in [-0.15, -0.1) is 0 Å². The molecule has 1 aromatic carbocycles. The van der Waals surface area contributed by atoms with E-state index in [0.717, 1.165) is 5.56 Å². The minimum atomic E-state index is -1.65. The normalized spacial score (nSPS) is 19.9. The smallest absolute Gasteiger partial charge is 0.322 e. The van der Waals surface area contributed by atoms with Crippen molar-refractivity contribution in [2.75, 3.05) is 13.7 Å². The Hall–Kier alpha value is -4.39. The summed E-state index contributed by atoms with van der Waals surface area (Å²) in [5, 5.41) is 14.6. The molecule has 31 heavy (non-hydrogen) atoms. The van der Waals surface area contributed by atoms with E-state index in [4.69, 9.17) is 9.15 Å². The number of aromatic nitrogens is 1. The summed E-state index contributed by atoms with van der Waals surface area (Å²) in [5.41, 5.74) is 0.0794. The van der Waals surface area contributed by atoms with Gasteiger partial charge in [0.2, 0.25) is 0 Å². The van der Waals surface area contributed by atoms with E-state index in [2.05, 4.69) is 15.6 Å². The van der Waals surface area contributed by atoms with Crippen molar-refractivity contribution in [2.45, 2.75) is 12.1 Å². The van der Waals surface area contributed by atoms with Crippen LogP contribution in [0.1, 0.15) is 27.4 Å². The number of fused-ring (bicyclic) bond motifs is 2. The molecule has 0 saturated carbocycles. The van der Waals surface area contributed by atoms with Crippen LogP contribution < -0.4 is 15.4 Å². The molecule has 2 N–H and O–H groups in total. The summed E-state index contributed by atoms with van der Waals surface area (Å²) in [7, 11) is 1.51. The van der Waals surface area contributed by atoms with Crippen LogP contribution >= 0.6 is 0 Å². The first-order valence-electron chi connectivity index (χ1n) is 9.34. The third-order valence-electron chi connectivity index (χ3n) is 5.54. The lowest BCUT2D eigenvalue weighted by Crippen LogP contribution is -2.52. The number of imide groups is 1. The third kappa shape index (κ3) is 2.71. The lowest BCUT2D eigenvalue weighted by atomic mass is 9.95. The number of hydrogen-bond acceptors (Lipinski definition) is 7. The number of urea groups is 1. The Morgan fingerprint density at radius 2 is 2.13 bits per heavy atom. The van der Waals surface area contributed by atoms with Crippen LogP contribution in [-0.4, -0.2) is 41.4 Å². The van der Waals surface area contributed by atoms with Crippen molar-refractivity contribution in [3.63, 3.8) is 0 Å². The first kappa shape index (κ1) is 18.6. The fourth-order valence-corrected chi connectivity index (χ4v) is 4.00. The molecule has 0 spiro atoms. The number of pyridine rings is 1. The average molecular weight is 417 g/mol. The van der Waals surface area contributed by atoms with Crippen molar-refractivity contribution < 1.29 is 23.5 Å². The Morgan fingerprint density at radius 3 is 2.84 bits per heavy atom. The number of ether oxygens (including phenoxy) is 1. The first-order chi connectivity index (χ1) is 14.9. The predicted octanol–water partition coefficient (Wildman–Crippen LogP) is 1.40. The van der Waals surface area contributed by atoms with Crippen LogP contribution in [0, 0.1) is 11.3 Å². The van der Waals surface area contributed by atoms with Crippen LogP contribution in [0.2, 0.25) is 0 Å². The molecule has 4 heterocycles. The number of rotatable bonds is 4. The monoisotopic (exact) mass is 417 g/mol. The van der Waals surface area contributed by atoms with Gasteiger partial charge in [-0.25, -0.2) is 9.78 Å². The maximum absolute atomic E-state index is 13.0. The lowest BCUT2D eigenvalue weighted by Gasteiger charge is -2.29.